The lowest BCUT2D eigenvalue weighted by Crippen LogP contribution is -2.41. The Morgan fingerprint density at radius 3 is 2.82 bits per heavy atom. The molecule has 94 valence electrons. The van der Waals surface area contributed by atoms with Crippen LogP contribution in [0, 0.1) is 5.92 Å². The van der Waals surface area contributed by atoms with E-state index in [0.29, 0.717) is 12.0 Å². The molecule has 0 saturated carbocycles. The first-order valence-corrected chi connectivity index (χ1v) is 6.70. The Hall–Kier alpha value is -0.930. The van der Waals surface area contributed by atoms with Crippen LogP contribution in [0.2, 0.25) is 0 Å². The molecule has 1 fully saturated rings. The molecule has 0 aromatic carbocycles. The van der Waals surface area contributed by atoms with E-state index in [1.54, 1.807) is 0 Å². The highest BCUT2D eigenvalue weighted by Gasteiger charge is 2.30. The van der Waals surface area contributed by atoms with Crippen molar-refractivity contribution in [3.8, 4) is 0 Å². The van der Waals surface area contributed by atoms with Crippen LogP contribution in [-0.4, -0.2) is 29.5 Å². The predicted octanol–water partition coefficient (Wildman–Crippen LogP) is 2.20. The van der Waals surface area contributed by atoms with Crippen molar-refractivity contribution in [3.05, 3.63) is 30.1 Å². The first-order chi connectivity index (χ1) is 8.36. The minimum atomic E-state index is 0.497. The van der Waals surface area contributed by atoms with Crippen LogP contribution in [0.1, 0.15) is 37.8 Å². The maximum absolute atomic E-state index is 5.95. The van der Waals surface area contributed by atoms with Gasteiger partial charge in [0, 0.05) is 18.4 Å². The zero-order valence-corrected chi connectivity index (χ0v) is 10.7. The van der Waals surface area contributed by atoms with Gasteiger partial charge in [0.2, 0.25) is 0 Å². The molecule has 17 heavy (non-hydrogen) atoms. The molecule has 2 atom stereocenters. The van der Waals surface area contributed by atoms with Crippen molar-refractivity contribution in [2.24, 2.45) is 11.7 Å². The van der Waals surface area contributed by atoms with Crippen molar-refractivity contribution >= 4 is 0 Å². The van der Waals surface area contributed by atoms with Crippen LogP contribution in [0.4, 0.5) is 0 Å². The van der Waals surface area contributed by atoms with E-state index in [0.717, 1.165) is 6.54 Å². The van der Waals surface area contributed by atoms with E-state index < -0.39 is 0 Å². The second-order valence-corrected chi connectivity index (χ2v) is 4.90. The van der Waals surface area contributed by atoms with Crippen LogP contribution in [0.15, 0.2) is 24.5 Å². The largest absolute Gasteiger partial charge is 0.330 e. The third-order valence-electron chi connectivity index (χ3n) is 3.72. The molecule has 1 aliphatic heterocycles. The maximum Gasteiger partial charge on any atom is 0.0389 e. The minimum absolute atomic E-state index is 0.497. The zero-order chi connectivity index (χ0) is 12.1. The summed E-state index contributed by atoms with van der Waals surface area (Å²) in [5.41, 5.74) is 7.33. The van der Waals surface area contributed by atoms with Crippen LogP contribution in [0.3, 0.4) is 0 Å². The topological polar surface area (TPSA) is 42.1 Å². The first kappa shape index (κ1) is 12.5. The van der Waals surface area contributed by atoms with Crippen molar-refractivity contribution in [2.45, 2.75) is 32.2 Å². The molecule has 0 radical (unpaired) electrons. The van der Waals surface area contributed by atoms with E-state index in [-0.39, 0.29) is 0 Å². The summed E-state index contributed by atoms with van der Waals surface area (Å²) in [6.07, 6.45) is 7.52. The lowest BCUT2D eigenvalue weighted by atomic mass is 9.85. The number of aromatic nitrogens is 1. The van der Waals surface area contributed by atoms with Gasteiger partial charge in [-0.15, -0.1) is 0 Å². The summed E-state index contributed by atoms with van der Waals surface area (Å²) in [4.78, 5) is 6.71. The normalized spacial score (nSPS) is 26.0. The fraction of sp³-hybridized carbons (Fsp3) is 0.643. The minimum Gasteiger partial charge on any atom is -0.330 e. The van der Waals surface area contributed by atoms with Gasteiger partial charge in [-0.25, -0.2) is 0 Å². The van der Waals surface area contributed by atoms with Gasteiger partial charge in [-0.2, -0.15) is 0 Å². The van der Waals surface area contributed by atoms with Gasteiger partial charge in [-0.1, -0.05) is 6.92 Å². The SMILES string of the molecule is CCCN1CCCC(CN)C1c1ccncc1. The molecule has 0 bridgehead atoms. The van der Waals surface area contributed by atoms with Crippen LogP contribution < -0.4 is 5.73 Å². The highest BCUT2D eigenvalue weighted by Crippen LogP contribution is 2.35. The number of piperidine rings is 1. The molecule has 0 amide bonds. The molecule has 1 aliphatic rings. The fourth-order valence-electron chi connectivity index (χ4n) is 2.98. The smallest absolute Gasteiger partial charge is 0.0389 e. The average molecular weight is 233 g/mol. The van der Waals surface area contributed by atoms with E-state index in [9.17, 15) is 0 Å². The summed E-state index contributed by atoms with van der Waals surface area (Å²) in [7, 11) is 0. The summed E-state index contributed by atoms with van der Waals surface area (Å²) >= 11 is 0. The van der Waals surface area contributed by atoms with Gasteiger partial charge in [0.05, 0.1) is 0 Å². The van der Waals surface area contributed by atoms with Gasteiger partial charge >= 0.3 is 0 Å². The van der Waals surface area contributed by atoms with Crippen molar-refractivity contribution in [1.29, 1.82) is 0 Å². The Kier molecular flexibility index (Phi) is 4.51. The third-order valence-corrected chi connectivity index (χ3v) is 3.72. The van der Waals surface area contributed by atoms with Crippen LogP contribution in [0.25, 0.3) is 0 Å². The Labute approximate surface area is 104 Å². The summed E-state index contributed by atoms with van der Waals surface area (Å²) in [5, 5.41) is 0. The Morgan fingerprint density at radius 2 is 2.18 bits per heavy atom. The quantitative estimate of drug-likeness (QED) is 0.867. The molecule has 2 rings (SSSR count). The van der Waals surface area contributed by atoms with Gasteiger partial charge in [0.25, 0.3) is 0 Å². The molecular formula is C14H23N3. The van der Waals surface area contributed by atoms with Gasteiger partial charge in [0.1, 0.15) is 0 Å². The number of pyridine rings is 1. The molecule has 2 N–H and O–H groups in total. The van der Waals surface area contributed by atoms with Crippen molar-refractivity contribution in [3.63, 3.8) is 0 Å². The Bertz CT molecular complexity index is 323. The van der Waals surface area contributed by atoms with E-state index in [1.165, 1.54) is 37.9 Å². The van der Waals surface area contributed by atoms with Crippen molar-refractivity contribution in [2.75, 3.05) is 19.6 Å². The molecule has 1 aromatic rings. The molecule has 1 aromatic heterocycles. The standard InChI is InChI=1S/C14H23N3/c1-2-9-17-10-3-4-13(11-15)14(17)12-5-7-16-8-6-12/h5-8,13-14H,2-4,9-11,15H2,1H3. The van der Waals surface area contributed by atoms with E-state index in [2.05, 4.69) is 28.9 Å². The first-order valence-electron chi connectivity index (χ1n) is 6.70. The van der Waals surface area contributed by atoms with Crippen LogP contribution in [-0.2, 0) is 0 Å². The number of rotatable bonds is 4. The maximum atomic E-state index is 5.95. The average Bonchev–Trinajstić information content (AvgIpc) is 2.40. The number of likely N-dealkylation sites (tertiary alicyclic amines) is 1. The summed E-state index contributed by atoms with van der Waals surface area (Å²) in [5.74, 6) is 0.595. The molecule has 3 nitrogen and oxygen atoms in total. The Morgan fingerprint density at radius 1 is 1.41 bits per heavy atom. The third kappa shape index (κ3) is 2.85. The van der Waals surface area contributed by atoms with Gasteiger partial charge in [-0.05, 0) is 62.5 Å². The van der Waals surface area contributed by atoms with Crippen molar-refractivity contribution < 1.29 is 0 Å². The zero-order valence-electron chi connectivity index (χ0n) is 10.7. The number of hydrogen-bond donors (Lipinski definition) is 1. The molecule has 0 spiro atoms. The van der Waals surface area contributed by atoms with Crippen LogP contribution in [0.5, 0.6) is 0 Å². The highest BCUT2D eigenvalue weighted by molar-refractivity contribution is 5.17. The molecular weight excluding hydrogens is 210 g/mol. The van der Waals surface area contributed by atoms with Gasteiger partial charge < -0.3 is 5.73 Å². The second-order valence-electron chi connectivity index (χ2n) is 4.90. The monoisotopic (exact) mass is 233 g/mol. The molecule has 2 unspecified atom stereocenters. The van der Waals surface area contributed by atoms with Crippen molar-refractivity contribution in [1.82, 2.24) is 9.88 Å². The number of hydrogen-bond acceptors (Lipinski definition) is 3. The summed E-state index contributed by atoms with van der Waals surface area (Å²) in [6, 6.07) is 4.78. The number of nitrogens with zero attached hydrogens (tertiary/aromatic N) is 2. The fourth-order valence-corrected chi connectivity index (χ4v) is 2.98. The van der Waals surface area contributed by atoms with Gasteiger partial charge in [-0.3, -0.25) is 9.88 Å². The van der Waals surface area contributed by atoms with E-state index in [1.807, 2.05) is 12.4 Å². The molecule has 1 saturated heterocycles. The summed E-state index contributed by atoms with van der Waals surface area (Å²) < 4.78 is 0. The molecule has 3 heteroatoms. The predicted molar refractivity (Wildman–Crippen MR) is 70.6 cm³/mol. The van der Waals surface area contributed by atoms with Crippen LogP contribution >= 0.6 is 0 Å². The summed E-state index contributed by atoms with van der Waals surface area (Å²) in [6.45, 7) is 5.41. The lowest BCUT2D eigenvalue weighted by molar-refractivity contribution is 0.0960. The lowest BCUT2D eigenvalue weighted by Gasteiger charge is -2.41. The second kappa shape index (κ2) is 6.12. The highest BCUT2D eigenvalue weighted by atomic mass is 15.2. The molecule has 2 heterocycles. The van der Waals surface area contributed by atoms with Gasteiger partial charge in [0.15, 0.2) is 0 Å². The Balaban J connectivity index is 2.22. The van der Waals surface area contributed by atoms with E-state index >= 15 is 0 Å². The molecule has 0 aliphatic carbocycles. The van der Waals surface area contributed by atoms with E-state index in [4.69, 9.17) is 5.73 Å². The number of nitrogens with two attached hydrogens (primary N) is 1.